The molecule has 1 amide bonds. The first-order valence-corrected chi connectivity index (χ1v) is 11.3. The molecule has 1 aromatic heterocycles. The van der Waals surface area contributed by atoms with Gasteiger partial charge in [0.05, 0.1) is 11.9 Å². The number of hydrogen-bond acceptors (Lipinski definition) is 5. The fourth-order valence-electron chi connectivity index (χ4n) is 4.15. The Morgan fingerprint density at radius 3 is 2.39 bits per heavy atom. The predicted octanol–water partition coefficient (Wildman–Crippen LogP) is 1.75. The summed E-state index contributed by atoms with van der Waals surface area (Å²) in [5.41, 5.74) is 3.35. The lowest BCUT2D eigenvalue weighted by Gasteiger charge is -2.36. The first kappa shape index (κ1) is 18.7. The van der Waals surface area contributed by atoms with Crippen molar-refractivity contribution in [2.45, 2.75) is 19.4 Å². The molecule has 0 saturated carbocycles. The van der Waals surface area contributed by atoms with E-state index in [1.807, 2.05) is 30.0 Å². The van der Waals surface area contributed by atoms with Crippen molar-refractivity contribution in [3.05, 3.63) is 53.9 Å². The van der Waals surface area contributed by atoms with Crippen molar-refractivity contribution in [1.29, 1.82) is 0 Å². The van der Waals surface area contributed by atoms with E-state index in [4.69, 9.17) is 0 Å². The predicted molar refractivity (Wildman–Crippen MR) is 109 cm³/mol. The van der Waals surface area contributed by atoms with Gasteiger partial charge in [0, 0.05) is 55.9 Å². The highest BCUT2D eigenvalue weighted by atomic mass is 32.2. The lowest BCUT2D eigenvalue weighted by atomic mass is 10.1. The van der Waals surface area contributed by atoms with Gasteiger partial charge in [0.1, 0.15) is 0 Å². The molecule has 3 heterocycles. The lowest BCUT2D eigenvalue weighted by Crippen LogP contribution is -2.48. The minimum absolute atomic E-state index is 0.00244. The monoisotopic (exact) mass is 400 g/mol. The number of aromatic nitrogens is 1. The maximum atomic E-state index is 13.0. The standard InChI is InChI=1S/C20H24N4O3S/c1-15-13-17-14-16(3-4-19(17)24(15)28(2,26)27)20(25)23-11-9-22(10-12-23)18-5-7-21-8-6-18/h3-8,14-15H,9-13H2,1-2H3/t15-/m1/s1. The van der Waals surface area contributed by atoms with Crippen molar-refractivity contribution in [3.63, 3.8) is 0 Å². The smallest absolute Gasteiger partial charge is 0.253 e. The number of pyridine rings is 1. The highest BCUT2D eigenvalue weighted by Gasteiger charge is 2.33. The van der Waals surface area contributed by atoms with Gasteiger partial charge in [-0.1, -0.05) is 0 Å². The number of carbonyl (C=O) groups excluding carboxylic acids is 1. The van der Waals surface area contributed by atoms with E-state index in [0.29, 0.717) is 30.8 Å². The lowest BCUT2D eigenvalue weighted by molar-refractivity contribution is 0.0746. The second-order valence-electron chi connectivity index (χ2n) is 7.44. The number of sulfonamides is 1. The van der Waals surface area contributed by atoms with Crippen LogP contribution in [0.15, 0.2) is 42.7 Å². The van der Waals surface area contributed by atoms with Crippen LogP contribution in [0.4, 0.5) is 11.4 Å². The van der Waals surface area contributed by atoms with Crippen molar-refractivity contribution in [3.8, 4) is 0 Å². The van der Waals surface area contributed by atoms with Crippen LogP contribution < -0.4 is 9.21 Å². The number of fused-ring (bicyclic) bond motifs is 1. The van der Waals surface area contributed by atoms with Gasteiger partial charge in [-0.3, -0.25) is 14.1 Å². The summed E-state index contributed by atoms with van der Waals surface area (Å²) in [4.78, 5) is 21.1. The van der Waals surface area contributed by atoms with Gasteiger partial charge in [-0.2, -0.15) is 0 Å². The summed E-state index contributed by atoms with van der Waals surface area (Å²) in [5, 5.41) is 0. The van der Waals surface area contributed by atoms with Gasteiger partial charge in [-0.25, -0.2) is 8.42 Å². The minimum Gasteiger partial charge on any atom is -0.368 e. The van der Waals surface area contributed by atoms with Crippen LogP contribution in [0.5, 0.6) is 0 Å². The van der Waals surface area contributed by atoms with Gasteiger partial charge in [-0.15, -0.1) is 0 Å². The van der Waals surface area contributed by atoms with Gasteiger partial charge < -0.3 is 9.80 Å². The number of carbonyl (C=O) groups is 1. The van der Waals surface area contributed by atoms with Crippen LogP contribution in [-0.2, 0) is 16.4 Å². The van der Waals surface area contributed by atoms with E-state index >= 15 is 0 Å². The number of amides is 1. The van der Waals surface area contributed by atoms with E-state index in [9.17, 15) is 13.2 Å². The number of anilines is 2. The summed E-state index contributed by atoms with van der Waals surface area (Å²) in [7, 11) is -3.32. The van der Waals surface area contributed by atoms with Gasteiger partial charge >= 0.3 is 0 Å². The van der Waals surface area contributed by atoms with Crippen LogP contribution in [0.3, 0.4) is 0 Å². The third-order valence-corrected chi connectivity index (χ3v) is 6.70. The zero-order chi connectivity index (χ0) is 19.9. The zero-order valence-corrected chi connectivity index (χ0v) is 16.9. The average Bonchev–Trinajstić information content (AvgIpc) is 3.03. The molecule has 7 nitrogen and oxygen atoms in total. The fourth-order valence-corrected chi connectivity index (χ4v) is 5.41. The van der Waals surface area contributed by atoms with E-state index in [-0.39, 0.29) is 11.9 Å². The van der Waals surface area contributed by atoms with Crippen molar-refractivity contribution < 1.29 is 13.2 Å². The van der Waals surface area contributed by atoms with Crippen LogP contribution in [0.1, 0.15) is 22.8 Å². The number of piperazine rings is 1. The fraction of sp³-hybridized carbons (Fsp3) is 0.400. The quantitative estimate of drug-likeness (QED) is 0.785. The minimum atomic E-state index is -3.32. The van der Waals surface area contributed by atoms with Crippen LogP contribution in [0.25, 0.3) is 0 Å². The number of benzene rings is 1. The van der Waals surface area contributed by atoms with Crippen LogP contribution in [0.2, 0.25) is 0 Å². The second-order valence-corrected chi connectivity index (χ2v) is 9.30. The van der Waals surface area contributed by atoms with E-state index in [0.717, 1.165) is 24.3 Å². The summed E-state index contributed by atoms with van der Waals surface area (Å²) in [6.07, 6.45) is 5.40. The van der Waals surface area contributed by atoms with Gasteiger partial charge in [-0.05, 0) is 49.2 Å². The molecule has 1 fully saturated rings. The SMILES string of the molecule is C[C@@H]1Cc2cc(C(=O)N3CCN(c4ccncc4)CC3)ccc2N1S(C)(=O)=O. The Morgan fingerprint density at radius 2 is 1.75 bits per heavy atom. The number of rotatable bonds is 3. The Labute approximate surface area is 165 Å². The molecule has 0 bridgehead atoms. The largest absolute Gasteiger partial charge is 0.368 e. The number of hydrogen-bond donors (Lipinski definition) is 0. The molecule has 2 aromatic rings. The molecule has 4 rings (SSSR count). The third kappa shape index (κ3) is 3.44. The molecular weight excluding hydrogens is 376 g/mol. The maximum absolute atomic E-state index is 13.0. The normalized spacial score (nSPS) is 19.6. The molecule has 0 spiro atoms. The summed E-state index contributed by atoms with van der Waals surface area (Å²) < 4.78 is 25.6. The zero-order valence-electron chi connectivity index (χ0n) is 16.1. The second kappa shape index (κ2) is 7.09. The molecule has 2 aliphatic rings. The van der Waals surface area contributed by atoms with Crippen LogP contribution in [0, 0.1) is 0 Å². The van der Waals surface area contributed by atoms with Gasteiger partial charge in [0.15, 0.2) is 0 Å². The molecule has 0 radical (unpaired) electrons. The molecule has 28 heavy (non-hydrogen) atoms. The van der Waals surface area contributed by atoms with Crippen molar-refractivity contribution in [2.75, 3.05) is 41.6 Å². The van der Waals surface area contributed by atoms with Crippen molar-refractivity contribution >= 4 is 27.3 Å². The Kier molecular flexibility index (Phi) is 4.74. The van der Waals surface area contributed by atoms with Crippen molar-refractivity contribution in [1.82, 2.24) is 9.88 Å². The summed E-state index contributed by atoms with van der Waals surface area (Å²) in [5.74, 6) is 0.00244. The summed E-state index contributed by atoms with van der Waals surface area (Å²) in [6.45, 7) is 4.76. The molecule has 1 atom stereocenters. The van der Waals surface area contributed by atoms with Gasteiger partial charge in [0.2, 0.25) is 10.0 Å². The maximum Gasteiger partial charge on any atom is 0.253 e. The highest BCUT2D eigenvalue weighted by Crippen LogP contribution is 2.35. The van der Waals surface area contributed by atoms with E-state index < -0.39 is 10.0 Å². The molecule has 8 heteroatoms. The van der Waals surface area contributed by atoms with Crippen molar-refractivity contribution in [2.24, 2.45) is 0 Å². The van der Waals surface area contributed by atoms with E-state index in [1.165, 1.54) is 10.6 Å². The summed E-state index contributed by atoms with van der Waals surface area (Å²) in [6, 6.07) is 9.19. The first-order chi connectivity index (χ1) is 13.3. The van der Waals surface area contributed by atoms with E-state index in [1.54, 1.807) is 24.5 Å². The highest BCUT2D eigenvalue weighted by molar-refractivity contribution is 7.92. The molecule has 0 aliphatic carbocycles. The molecule has 2 aliphatic heterocycles. The molecule has 148 valence electrons. The molecule has 1 saturated heterocycles. The Balaban J connectivity index is 1.48. The molecule has 0 unspecified atom stereocenters. The molecule has 0 N–H and O–H groups in total. The van der Waals surface area contributed by atoms with Gasteiger partial charge in [0.25, 0.3) is 5.91 Å². The van der Waals surface area contributed by atoms with E-state index in [2.05, 4.69) is 9.88 Å². The Bertz CT molecular complexity index is 986. The number of nitrogens with zero attached hydrogens (tertiary/aromatic N) is 4. The van der Waals surface area contributed by atoms with Crippen LogP contribution >= 0.6 is 0 Å². The first-order valence-electron chi connectivity index (χ1n) is 9.41. The van der Waals surface area contributed by atoms with Crippen LogP contribution in [-0.4, -0.2) is 62.7 Å². The third-order valence-electron chi connectivity index (χ3n) is 5.43. The molecule has 1 aromatic carbocycles. The topological polar surface area (TPSA) is 73.8 Å². The Morgan fingerprint density at radius 1 is 1.07 bits per heavy atom. The summed E-state index contributed by atoms with van der Waals surface area (Å²) >= 11 is 0. The average molecular weight is 401 g/mol. The Hall–Kier alpha value is -2.61. The molecular formula is C20H24N4O3S.